The van der Waals surface area contributed by atoms with Crippen molar-refractivity contribution in [2.45, 2.75) is 6.61 Å². The van der Waals surface area contributed by atoms with Crippen LogP contribution < -0.4 is 29.7 Å². The van der Waals surface area contributed by atoms with Crippen molar-refractivity contribution in [3.63, 3.8) is 0 Å². The Balaban J connectivity index is 1.30. The molecule has 0 saturated carbocycles. The van der Waals surface area contributed by atoms with E-state index in [0.717, 1.165) is 10.0 Å². The van der Waals surface area contributed by atoms with Crippen LogP contribution in [0.1, 0.15) is 21.5 Å². The highest BCUT2D eigenvalue weighted by molar-refractivity contribution is 9.10. The second kappa shape index (κ2) is 11.9. The van der Waals surface area contributed by atoms with Gasteiger partial charge in [0.05, 0.1) is 24.3 Å². The van der Waals surface area contributed by atoms with Crippen LogP contribution in [0.5, 0.6) is 23.0 Å². The predicted octanol–water partition coefficient (Wildman–Crippen LogP) is 4.41. The summed E-state index contributed by atoms with van der Waals surface area (Å²) in [6.07, 6.45) is 1.46. The van der Waals surface area contributed by atoms with Crippen molar-refractivity contribution in [1.29, 1.82) is 0 Å². The second-order valence-electron chi connectivity index (χ2n) is 7.49. The number of hydrogen-bond acceptors (Lipinski definition) is 7. The van der Waals surface area contributed by atoms with Crippen LogP contribution in [0.3, 0.4) is 0 Å². The number of nitrogens with one attached hydrogen (secondary N) is 2. The van der Waals surface area contributed by atoms with Gasteiger partial charge in [-0.1, -0.05) is 28.1 Å². The third-order valence-electron chi connectivity index (χ3n) is 5.00. The Hall–Kier alpha value is -3.57. The maximum atomic E-state index is 12.3. The van der Waals surface area contributed by atoms with Crippen molar-refractivity contribution < 1.29 is 28.5 Å². The normalized spacial score (nSPS) is 11.9. The lowest BCUT2D eigenvalue weighted by molar-refractivity contribution is -0.120. The van der Waals surface area contributed by atoms with Crippen LogP contribution in [-0.4, -0.2) is 38.5 Å². The molecule has 0 saturated heterocycles. The SMILES string of the molecule is COc1cc(/C=N/NC(=O)CNC(=O)c2ccc3c(c2)OCO3)cc(Br)c1OCc1ccc(Br)cc1. The van der Waals surface area contributed by atoms with Crippen LogP contribution in [0.15, 0.2) is 68.6 Å². The summed E-state index contributed by atoms with van der Waals surface area (Å²) in [5.74, 6) is 1.22. The molecule has 9 nitrogen and oxygen atoms in total. The van der Waals surface area contributed by atoms with Gasteiger partial charge in [-0.3, -0.25) is 9.59 Å². The molecule has 3 aromatic rings. The number of benzene rings is 3. The highest BCUT2D eigenvalue weighted by Crippen LogP contribution is 2.37. The Kier molecular flexibility index (Phi) is 8.44. The highest BCUT2D eigenvalue weighted by Gasteiger charge is 2.16. The summed E-state index contributed by atoms with van der Waals surface area (Å²) >= 11 is 6.91. The highest BCUT2D eigenvalue weighted by atomic mass is 79.9. The van der Waals surface area contributed by atoms with Gasteiger partial charge in [0.25, 0.3) is 11.8 Å². The third-order valence-corrected chi connectivity index (χ3v) is 6.11. The number of amides is 2. The Morgan fingerprint density at radius 3 is 2.61 bits per heavy atom. The Labute approximate surface area is 224 Å². The Bertz CT molecular complexity index is 1300. The summed E-state index contributed by atoms with van der Waals surface area (Å²) in [7, 11) is 1.54. The van der Waals surface area contributed by atoms with E-state index in [1.165, 1.54) is 6.21 Å². The molecular formula is C25H21Br2N3O6. The first-order valence-electron chi connectivity index (χ1n) is 10.7. The first-order valence-corrected chi connectivity index (χ1v) is 12.3. The smallest absolute Gasteiger partial charge is 0.259 e. The molecule has 0 spiro atoms. The molecule has 2 amide bonds. The molecule has 0 aliphatic carbocycles. The molecule has 0 unspecified atom stereocenters. The van der Waals surface area contributed by atoms with Gasteiger partial charge in [0.2, 0.25) is 6.79 Å². The molecule has 186 valence electrons. The van der Waals surface area contributed by atoms with E-state index >= 15 is 0 Å². The minimum absolute atomic E-state index is 0.116. The van der Waals surface area contributed by atoms with E-state index in [0.29, 0.717) is 45.2 Å². The first-order chi connectivity index (χ1) is 17.4. The van der Waals surface area contributed by atoms with E-state index in [-0.39, 0.29) is 13.3 Å². The number of carbonyl (C=O) groups is 2. The third kappa shape index (κ3) is 6.55. The quantitative estimate of drug-likeness (QED) is 0.272. The number of rotatable bonds is 9. The number of fused-ring (bicyclic) bond motifs is 1. The van der Waals surface area contributed by atoms with E-state index in [9.17, 15) is 9.59 Å². The van der Waals surface area contributed by atoms with Gasteiger partial charge in [-0.05, 0) is 69.5 Å². The number of carbonyl (C=O) groups excluding carboxylic acids is 2. The van der Waals surface area contributed by atoms with Gasteiger partial charge >= 0.3 is 0 Å². The summed E-state index contributed by atoms with van der Waals surface area (Å²) in [6.45, 7) is 0.231. The number of nitrogens with zero attached hydrogens (tertiary/aromatic N) is 1. The maximum absolute atomic E-state index is 12.3. The molecule has 1 aliphatic heterocycles. The topological polar surface area (TPSA) is 107 Å². The monoisotopic (exact) mass is 617 g/mol. The minimum atomic E-state index is -0.485. The summed E-state index contributed by atoms with van der Waals surface area (Å²) in [6, 6.07) is 16.1. The number of hydrogen-bond donors (Lipinski definition) is 2. The van der Waals surface area contributed by atoms with Crippen LogP contribution in [0.4, 0.5) is 0 Å². The van der Waals surface area contributed by atoms with Gasteiger partial charge in [0, 0.05) is 10.0 Å². The van der Waals surface area contributed by atoms with Crippen LogP contribution in [0, 0.1) is 0 Å². The molecule has 2 N–H and O–H groups in total. The summed E-state index contributed by atoms with van der Waals surface area (Å²) < 4.78 is 23.5. The average Bonchev–Trinajstić information content (AvgIpc) is 3.35. The molecule has 3 aromatic carbocycles. The summed E-state index contributed by atoms with van der Waals surface area (Å²) in [5.41, 5.74) is 4.41. The van der Waals surface area contributed by atoms with Gasteiger partial charge < -0.3 is 24.3 Å². The number of methoxy groups -OCH3 is 1. The summed E-state index contributed by atoms with van der Waals surface area (Å²) in [5, 5.41) is 6.49. The van der Waals surface area contributed by atoms with Crippen LogP contribution in [0.25, 0.3) is 0 Å². The number of hydrazone groups is 1. The summed E-state index contributed by atoms with van der Waals surface area (Å²) in [4.78, 5) is 24.4. The van der Waals surface area contributed by atoms with Gasteiger partial charge in [0.15, 0.2) is 23.0 Å². The zero-order valence-corrected chi connectivity index (χ0v) is 22.2. The molecule has 1 aliphatic rings. The molecule has 4 rings (SSSR count). The van der Waals surface area contributed by atoms with Crippen LogP contribution in [0.2, 0.25) is 0 Å². The fraction of sp³-hybridized carbons (Fsp3) is 0.160. The van der Waals surface area contributed by atoms with Gasteiger partial charge in [-0.15, -0.1) is 0 Å². The predicted molar refractivity (Wildman–Crippen MR) is 140 cm³/mol. The van der Waals surface area contributed by atoms with E-state index < -0.39 is 11.8 Å². The molecule has 0 fully saturated rings. The van der Waals surface area contributed by atoms with Crippen molar-refractivity contribution in [3.8, 4) is 23.0 Å². The van der Waals surface area contributed by atoms with Crippen molar-refractivity contribution in [2.24, 2.45) is 5.10 Å². The fourth-order valence-electron chi connectivity index (χ4n) is 3.21. The molecule has 0 radical (unpaired) electrons. The lowest BCUT2D eigenvalue weighted by atomic mass is 10.2. The van der Waals surface area contributed by atoms with Gasteiger partial charge in [0.1, 0.15) is 6.61 Å². The Morgan fingerprint density at radius 2 is 1.83 bits per heavy atom. The number of ether oxygens (including phenoxy) is 4. The zero-order chi connectivity index (χ0) is 25.5. The molecular weight excluding hydrogens is 598 g/mol. The fourth-order valence-corrected chi connectivity index (χ4v) is 4.05. The first kappa shape index (κ1) is 25.5. The van der Waals surface area contributed by atoms with E-state index in [2.05, 4.69) is 47.7 Å². The lowest BCUT2D eigenvalue weighted by Crippen LogP contribution is -2.34. The molecule has 11 heteroatoms. The van der Waals surface area contributed by atoms with Crippen molar-refractivity contribution in [1.82, 2.24) is 10.7 Å². The molecule has 36 heavy (non-hydrogen) atoms. The van der Waals surface area contributed by atoms with E-state index in [4.69, 9.17) is 18.9 Å². The van der Waals surface area contributed by atoms with E-state index in [1.807, 2.05) is 24.3 Å². The average molecular weight is 619 g/mol. The molecule has 0 aromatic heterocycles. The zero-order valence-electron chi connectivity index (χ0n) is 19.0. The minimum Gasteiger partial charge on any atom is -0.493 e. The Morgan fingerprint density at radius 1 is 1.06 bits per heavy atom. The molecule has 0 atom stereocenters. The molecule has 0 bridgehead atoms. The van der Waals surface area contributed by atoms with Crippen LogP contribution >= 0.6 is 31.9 Å². The lowest BCUT2D eigenvalue weighted by Gasteiger charge is -2.13. The molecule has 1 heterocycles. The second-order valence-corrected chi connectivity index (χ2v) is 9.26. The van der Waals surface area contributed by atoms with Crippen molar-refractivity contribution in [3.05, 3.63) is 80.2 Å². The van der Waals surface area contributed by atoms with Crippen LogP contribution in [-0.2, 0) is 11.4 Å². The standard InChI is InChI=1S/C25H21Br2N3O6/c1-33-22-9-16(8-19(27)24(22)34-13-15-2-5-18(26)6-3-15)11-29-30-23(31)12-28-25(32)17-4-7-20-21(10-17)36-14-35-20/h2-11H,12-14H2,1H3,(H,28,32)(H,30,31)/b29-11+. The van der Waals surface area contributed by atoms with Gasteiger partial charge in [-0.25, -0.2) is 5.43 Å². The largest absolute Gasteiger partial charge is 0.493 e. The maximum Gasteiger partial charge on any atom is 0.259 e. The van der Waals surface area contributed by atoms with Crippen molar-refractivity contribution >= 4 is 49.9 Å². The van der Waals surface area contributed by atoms with Gasteiger partial charge in [-0.2, -0.15) is 5.10 Å². The number of halogens is 2. The van der Waals surface area contributed by atoms with Crippen molar-refractivity contribution in [2.75, 3.05) is 20.4 Å². The van der Waals surface area contributed by atoms with E-state index in [1.54, 1.807) is 37.4 Å².